The number of nitrogens with one attached hydrogen (secondary N) is 1. The van der Waals surface area contributed by atoms with E-state index >= 15 is 0 Å². The number of amides is 2. The summed E-state index contributed by atoms with van der Waals surface area (Å²) in [6.07, 6.45) is 0.798. The first kappa shape index (κ1) is 23.0. The van der Waals surface area contributed by atoms with E-state index < -0.39 is 6.04 Å². The van der Waals surface area contributed by atoms with Gasteiger partial charge in [0.15, 0.2) is 6.61 Å². The Bertz CT molecular complexity index is 830. The fourth-order valence-corrected chi connectivity index (χ4v) is 3.09. The lowest BCUT2D eigenvalue weighted by Crippen LogP contribution is -2.50. The molecule has 0 spiro atoms. The first-order valence-corrected chi connectivity index (χ1v) is 10.3. The number of carbonyl (C=O) groups is 2. The summed E-state index contributed by atoms with van der Waals surface area (Å²) in [5, 5.41) is 3.87. The lowest BCUT2D eigenvalue weighted by atomic mass is 10.1. The summed E-state index contributed by atoms with van der Waals surface area (Å²) < 4.78 is 5.59. The number of carbonyl (C=O) groups excluding carboxylic acids is 2. The molecule has 7 heteroatoms. The molecule has 0 saturated carbocycles. The molecule has 2 aromatic carbocycles. The van der Waals surface area contributed by atoms with Crippen LogP contribution in [0.15, 0.2) is 48.5 Å². The third-order valence-electron chi connectivity index (χ3n) is 4.63. The Balaban J connectivity index is 2.18. The maximum atomic E-state index is 13.0. The molecule has 2 amide bonds. The van der Waals surface area contributed by atoms with Gasteiger partial charge in [-0.25, -0.2) is 0 Å². The Morgan fingerprint density at radius 2 is 1.79 bits per heavy atom. The molecule has 0 fully saturated rings. The first-order chi connectivity index (χ1) is 13.8. The SMILES string of the molecule is CC[C@H](C)NC(=O)[C@H](C)N(Cc1ccc(Cl)cc1Cl)C(=O)COc1ccccc1. The van der Waals surface area contributed by atoms with Crippen molar-refractivity contribution >= 4 is 35.0 Å². The van der Waals surface area contributed by atoms with Crippen molar-refractivity contribution in [2.75, 3.05) is 6.61 Å². The lowest BCUT2D eigenvalue weighted by molar-refractivity contribution is -0.142. The van der Waals surface area contributed by atoms with Crippen molar-refractivity contribution in [1.82, 2.24) is 10.2 Å². The number of hydrogen-bond donors (Lipinski definition) is 1. The van der Waals surface area contributed by atoms with Gasteiger partial charge in [0.1, 0.15) is 11.8 Å². The molecule has 0 unspecified atom stereocenters. The second-order valence-electron chi connectivity index (χ2n) is 6.85. The van der Waals surface area contributed by atoms with Crippen molar-refractivity contribution in [2.24, 2.45) is 0 Å². The van der Waals surface area contributed by atoms with Crippen LogP contribution < -0.4 is 10.1 Å². The van der Waals surface area contributed by atoms with Gasteiger partial charge in [0.25, 0.3) is 5.91 Å². The summed E-state index contributed by atoms with van der Waals surface area (Å²) in [6, 6.07) is 13.5. The molecule has 2 rings (SSSR count). The summed E-state index contributed by atoms with van der Waals surface area (Å²) in [7, 11) is 0. The lowest BCUT2D eigenvalue weighted by Gasteiger charge is -2.30. The average Bonchev–Trinajstić information content (AvgIpc) is 2.71. The first-order valence-electron chi connectivity index (χ1n) is 9.53. The van der Waals surface area contributed by atoms with Gasteiger partial charge in [-0.3, -0.25) is 9.59 Å². The van der Waals surface area contributed by atoms with Gasteiger partial charge in [-0.15, -0.1) is 0 Å². The molecule has 2 atom stereocenters. The minimum absolute atomic E-state index is 0.0154. The van der Waals surface area contributed by atoms with Crippen molar-refractivity contribution in [3.63, 3.8) is 0 Å². The van der Waals surface area contributed by atoms with Gasteiger partial charge < -0.3 is 15.0 Å². The van der Waals surface area contributed by atoms with Crippen LogP contribution in [0.25, 0.3) is 0 Å². The maximum Gasteiger partial charge on any atom is 0.261 e. The second kappa shape index (κ2) is 11.1. The Morgan fingerprint density at radius 1 is 1.10 bits per heavy atom. The van der Waals surface area contributed by atoms with Gasteiger partial charge in [0.2, 0.25) is 5.91 Å². The maximum absolute atomic E-state index is 13.0. The minimum Gasteiger partial charge on any atom is -0.484 e. The zero-order valence-corrected chi connectivity index (χ0v) is 18.3. The Morgan fingerprint density at radius 3 is 2.41 bits per heavy atom. The number of rotatable bonds is 9. The second-order valence-corrected chi connectivity index (χ2v) is 7.70. The molecule has 0 bridgehead atoms. The minimum atomic E-state index is -0.692. The Kier molecular flexibility index (Phi) is 8.80. The topological polar surface area (TPSA) is 58.6 Å². The predicted octanol–water partition coefficient (Wildman–Crippen LogP) is 4.70. The molecule has 0 aliphatic carbocycles. The quantitative estimate of drug-likeness (QED) is 0.619. The number of para-hydroxylation sites is 1. The van der Waals surface area contributed by atoms with Crippen molar-refractivity contribution in [1.29, 1.82) is 0 Å². The zero-order chi connectivity index (χ0) is 21.4. The smallest absolute Gasteiger partial charge is 0.261 e. The van der Waals surface area contributed by atoms with E-state index in [1.54, 1.807) is 37.3 Å². The molecule has 0 saturated heterocycles. The summed E-state index contributed by atoms with van der Waals surface area (Å²) in [4.78, 5) is 27.1. The van der Waals surface area contributed by atoms with Gasteiger partial charge >= 0.3 is 0 Å². The molecule has 0 aromatic heterocycles. The van der Waals surface area contributed by atoms with Gasteiger partial charge in [-0.05, 0) is 50.1 Å². The molecule has 29 heavy (non-hydrogen) atoms. The number of ether oxygens (including phenoxy) is 1. The van der Waals surface area contributed by atoms with Gasteiger partial charge in [-0.1, -0.05) is 54.4 Å². The van der Waals surface area contributed by atoms with Gasteiger partial charge in [0, 0.05) is 22.6 Å². The summed E-state index contributed by atoms with van der Waals surface area (Å²) >= 11 is 12.3. The van der Waals surface area contributed by atoms with Crippen LogP contribution in [0.4, 0.5) is 0 Å². The Labute approximate surface area is 181 Å². The molecule has 0 radical (unpaired) electrons. The molecular weight excluding hydrogens is 411 g/mol. The summed E-state index contributed by atoms with van der Waals surface area (Å²) in [5.41, 5.74) is 0.701. The van der Waals surface area contributed by atoms with E-state index in [1.807, 2.05) is 32.0 Å². The molecule has 1 N–H and O–H groups in total. The Hall–Kier alpha value is -2.24. The van der Waals surface area contributed by atoms with Gasteiger partial charge in [-0.2, -0.15) is 0 Å². The molecule has 0 aliphatic rings. The van der Waals surface area contributed by atoms with E-state index in [2.05, 4.69) is 5.32 Å². The highest BCUT2D eigenvalue weighted by molar-refractivity contribution is 6.35. The fraction of sp³-hybridized carbons (Fsp3) is 0.364. The van der Waals surface area contributed by atoms with Crippen LogP contribution in [0.3, 0.4) is 0 Å². The highest BCUT2D eigenvalue weighted by Gasteiger charge is 2.27. The third-order valence-corrected chi connectivity index (χ3v) is 5.22. The van der Waals surface area contributed by atoms with Crippen LogP contribution in [0, 0.1) is 0 Å². The molecular formula is C22H26Cl2N2O3. The van der Waals surface area contributed by atoms with E-state index in [4.69, 9.17) is 27.9 Å². The monoisotopic (exact) mass is 436 g/mol. The van der Waals surface area contributed by atoms with Crippen LogP contribution >= 0.6 is 23.2 Å². The average molecular weight is 437 g/mol. The van der Waals surface area contributed by atoms with Gasteiger partial charge in [0.05, 0.1) is 0 Å². The number of benzene rings is 2. The van der Waals surface area contributed by atoms with Crippen molar-refractivity contribution in [2.45, 2.75) is 45.8 Å². The zero-order valence-electron chi connectivity index (χ0n) is 16.8. The standard InChI is InChI=1S/C22H26Cl2N2O3/c1-4-15(2)25-22(28)16(3)26(13-17-10-11-18(23)12-20(17)24)21(27)14-29-19-8-6-5-7-9-19/h5-12,15-16H,4,13-14H2,1-3H3,(H,25,28)/t15-,16-/m0/s1. The number of hydrogen-bond acceptors (Lipinski definition) is 3. The van der Waals surface area contributed by atoms with Crippen LogP contribution in [-0.2, 0) is 16.1 Å². The van der Waals surface area contributed by atoms with Crippen molar-refractivity contribution in [3.05, 3.63) is 64.1 Å². The molecule has 156 valence electrons. The van der Waals surface area contributed by atoms with E-state index in [0.717, 1.165) is 6.42 Å². The largest absolute Gasteiger partial charge is 0.484 e. The number of nitrogens with zero attached hydrogens (tertiary/aromatic N) is 1. The van der Waals surface area contributed by atoms with E-state index in [-0.39, 0.29) is 31.0 Å². The predicted molar refractivity (Wildman–Crippen MR) is 116 cm³/mol. The third kappa shape index (κ3) is 6.94. The summed E-state index contributed by atoms with van der Waals surface area (Å²) in [5.74, 6) is 0.0474. The highest BCUT2D eigenvalue weighted by atomic mass is 35.5. The van der Waals surface area contributed by atoms with E-state index in [1.165, 1.54) is 4.90 Å². The molecule has 5 nitrogen and oxygen atoms in total. The number of halogens is 2. The molecule has 0 heterocycles. The van der Waals surface area contributed by atoms with Crippen molar-refractivity contribution < 1.29 is 14.3 Å². The molecule has 2 aromatic rings. The van der Waals surface area contributed by atoms with E-state index in [0.29, 0.717) is 21.4 Å². The van der Waals surface area contributed by atoms with Crippen LogP contribution in [-0.4, -0.2) is 35.4 Å². The van der Waals surface area contributed by atoms with Crippen LogP contribution in [0.1, 0.15) is 32.8 Å². The summed E-state index contributed by atoms with van der Waals surface area (Å²) in [6.45, 7) is 5.59. The molecule has 0 aliphatic heterocycles. The fourth-order valence-electron chi connectivity index (χ4n) is 2.63. The normalized spacial score (nSPS) is 12.7. The van der Waals surface area contributed by atoms with Crippen LogP contribution in [0.2, 0.25) is 10.0 Å². The highest BCUT2D eigenvalue weighted by Crippen LogP contribution is 2.23. The van der Waals surface area contributed by atoms with Crippen LogP contribution in [0.5, 0.6) is 5.75 Å². The van der Waals surface area contributed by atoms with E-state index in [9.17, 15) is 9.59 Å². The van der Waals surface area contributed by atoms with Crippen molar-refractivity contribution in [3.8, 4) is 5.75 Å².